The van der Waals surface area contributed by atoms with Crippen molar-refractivity contribution in [3.8, 4) is 5.75 Å². The Hall–Kier alpha value is -2.11. The SMILES string of the molecule is Cc1cccc([C@@H]2Oc3ccccc3[C@H](O)[C@@]2(Cl)[N+](=O)[O-])c1. The van der Waals surface area contributed by atoms with Gasteiger partial charge in [-0.15, -0.1) is 0 Å². The number of fused-ring (bicyclic) bond motifs is 1. The fourth-order valence-electron chi connectivity index (χ4n) is 2.72. The van der Waals surface area contributed by atoms with Crippen LogP contribution in [0.15, 0.2) is 48.5 Å². The van der Waals surface area contributed by atoms with Crippen molar-refractivity contribution < 1.29 is 14.8 Å². The van der Waals surface area contributed by atoms with Gasteiger partial charge in [0.15, 0.2) is 6.10 Å². The smallest absolute Gasteiger partial charge is 0.364 e. The number of para-hydroxylation sites is 1. The van der Waals surface area contributed by atoms with E-state index in [1.807, 2.05) is 13.0 Å². The van der Waals surface area contributed by atoms with Crippen LogP contribution in [0.2, 0.25) is 0 Å². The zero-order valence-electron chi connectivity index (χ0n) is 11.8. The number of hydrogen-bond acceptors (Lipinski definition) is 4. The average Bonchev–Trinajstić information content (AvgIpc) is 2.50. The average molecular weight is 320 g/mol. The quantitative estimate of drug-likeness (QED) is 0.398. The highest BCUT2D eigenvalue weighted by atomic mass is 35.5. The van der Waals surface area contributed by atoms with Gasteiger partial charge >= 0.3 is 5.00 Å². The number of ether oxygens (including phenoxy) is 1. The summed E-state index contributed by atoms with van der Waals surface area (Å²) in [7, 11) is 0. The molecule has 0 saturated carbocycles. The first-order chi connectivity index (χ1) is 10.4. The van der Waals surface area contributed by atoms with Crippen LogP contribution in [0.5, 0.6) is 5.75 Å². The third-order valence-electron chi connectivity index (χ3n) is 3.83. The third-order valence-corrected chi connectivity index (χ3v) is 4.38. The van der Waals surface area contributed by atoms with Gasteiger partial charge in [0.2, 0.25) is 6.10 Å². The molecule has 6 heteroatoms. The van der Waals surface area contributed by atoms with E-state index in [9.17, 15) is 15.2 Å². The molecule has 0 saturated heterocycles. The molecule has 0 unspecified atom stereocenters. The third kappa shape index (κ3) is 2.14. The normalized spacial score (nSPS) is 26.9. The highest BCUT2D eigenvalue weighted by Gasteiger charge is 2.61. The van der Waals surface area contributed by atoms with Gasteiger partial charge in [0.1, 0.15) is 5.75 Å². The van der Waals surface area contributed by atoms with Crippen LogP contribution >= 0.6 is 11.6 Å². The number of hydrogen-bond donors (Lipinski definition) is 1. The van der Waals surface area contributed by atoms with E-state index in [1.54, 1.807) is 42.5 Å². The molecule has 0 radical (unpaired) electrons. The van der Waals surface area contributed by atoms with Gasteiger partial charge in [-0.25, -0.2) is 0 Å². The lowest BCUT2D eigenvalue weighted by Crippen LogP contribution is -2.49. The zero-order chi connectivity index (χ0) is 15.9. The number of benzene rings is 2. The van der Waals surface area contributed by atoms with Gasteiger partial charge in [-0.1, -0.05) is 48.0 Å². The van der Waals surface area contributed by atoms with Crippen LogP contribution in [0, 0.1) is 17.0 Å². The van der Waals surface area contributed by atoms with Gasteiger partial charge in [0, 0.05) is 11.1 Å². The maximum Gasteiger partial charge on any atom is 0.364 e. The number of aryl methyl sites for hydroxylation is 1. The van der Waals surface area contributed by atoms with Gasteiger partial charge < -0.3 is 9.84 Å². The minimum absolute atomic E-state index is 0.318. The fraction of sp³-hybridized carbons (Fsp3) is 0.250. The first-order valence-corrected chi connectivity index (χ1v) is 7.16. The summed E-state index contributed by atoms with van der Waals surface area (Å²) < 4.78 is 5.79. The number of nitrogens with zero attached hydrogens (tertiary/aromatic N) is 1. The van der Waals surface area contributed by atoms with Crippen molar-refractivity contribution in [3.63, 3.8) is 0 Å². The number of aliphatic hydroxyl groups is 1. The lowest BCUT2D eigenvalue weighted by molar-refractivity contribution is -0.570. The van der Waals surface area contributed by atoms with Crippen LogP contribution in [-0.4, -0.2) is 15.0 Å². The van der Waals surface area contributed by atoms with Gasteiger partial charge in [0.05, 0.1) is 4.92 Å². The Bertz CT molecular complexity index is 736. The Balaban J connectivity index is 2.18. The van der Waals surface area contributed by atoms with E-state index in [0.717, 1.165) is 5.56 Å². The van der Waals surface area contributed by atoms with Crippen LogP contribution in [0.25, 0.3) is 0 Å². The van der Waals surface area contributed by atoms with E-state index in [1.165, 1.54) is 0 Å². The Morgan fingerprint density at radius 2 is 2.00 bits per heavy atom. The molecule has 114 valence electrons. The predicted molar refractivity (Wildman–Crippen MR) is 81.5 cm³/mol. The number of aliphatic hydroxyl groups excluding tert-OH is 1. The lowest BCUT2D eigenvalue weighted by atomic mass is 9.89. The molecule has 2 aromatic rings. The summed E-state index contributed by atoms with van der Waals surface area (Å²) in [4.78, 5) is 8.74. The van der Waals surface area contributed by atoms with Crippen LogP contribution in [0.4, 0.5) is 0 Å². The number of alkyl halides is 1. The molecule has 0 fully saturated rings. The molecular formula is C16H14ClNO4. The van der Waals surface area contributed by atoms with Crippen molar-refractivity contribution in [3.05, 3.63) is 75.3 Å². The van der Waals surface area contributed by atoms with Crippen LogP contribution in [-0.2, 0) is 0 Å². The Kier molecular flexibility index (Phi) is 3.54. The molecule has 0 bridgehead atoms. The molecule has 3 atom stereocenters. The highest BCUT2D eigenvalue weighted by molar-refractivity contribution is 6.23. The van der Waals surface area contributed by atoms with E-state index in [-0.39, 0.29) is 0 Å². The zero-order valence-corrected chi connectivity index (χ0v) is 12.5. The van der Waals surface area contributed by atoms with E-state index >= 15 is 0 Å². The van der Waals surface area contributed by atoms with Gasteiger partial charge in [-0.3, -0.25) is 10.1 Å². The maximum atomic E-state index is 11.6. The molecule has 2 aromatic carbocycles. The Morgan fingerprint density at radius 1 is 1.27 bits per heavy atom. The molecule has 0 aromatic heterocycles. The van der Waals surface area contributed by atoms with E-state index in [4.69, 9.17) is 16.3 Å². The Labute approximate surface area is 132 Å². The summed E-state index contributed by atoms with van der Waals surface area (Å²) in [6, 6.07) is 13.8. The van der Waals surface area contributed by atoms with Crippen molar-refractivity contribution in [2.75, 3.05) is 0 Å². The van der Waals surface area contributed by atoms with Crippen LogP contribution in [0.1, 0.15) is 28.9 Å². The van der Waals surface area contributed by atoms with Crippen LogP contribution in [0.3, 0.4) is 0 Å². The molecule has 1 aliphatic rings. The summed E-state index contributed by atoms with van der Waals surface area (Å²) in [5, 5.41) is 22.1. The Morgan fingerprint density at radius 3 is 2.68 bits per heavy atom. The minimum atomic E-state index is -2.18. The number of nitro groups is 1. The summed E-state index contributed by atoms with van der Waals surface area (Å²) in [6.07, 6.45) is -2.56. The molecule has 0 spiro atoms. The lowest BCUT2D eigenvalue weighted by Gasteiger charge is -2.37. The van der Waals surface area contributed by atoms with E-state index in [0.29, 0.717) is 16.9 Å². The van der Waals surface area contributed by atoms with Gasteiger partial charge in [-0.05, 0) is 24.6 Å². The van der Waals surface area contributed by atoms with E-state index in [2.05, 4.69) is 0 Å². The predicted octanol–water partition coefficient (Wildman–Crippen LogP) is 3.37. The first-order valence-electron chi connectivity index (χ1n) is 6.78. The molecule has 3 rings (SSSR count). The summed E-state index contributed by atoms with van der Waals surface area (Å²) in [5.74, 6) is 0.402. The summed E-state index contributed by atoms with van der Waals surface area (Å²) in [5.41, 5.74) is 1.80. The minimum Gasteiger partial charge on any atom is -0.476 e. The molecule has 0 amide bonds. The molecular weight excluding hydrogens is 306 g/mol. The van der Waals surface area contributed by atoms with Gasteiger partial charge in [-0.2, -0.15) is 0 Å². The molecule has 1 heterocycles. The van der Waals surface area contributed by atoms with Crippen molar-refractivity contribution in [2.24, 2.45) is 0 Å². The van der Waals surface area contributed by atoms with Crippen molar-refractivity contribution in [2.45, 2.75) is 24.1 Å². The largest absolute Gasteiger partial charge is 0.476 e. The first kappa shape index (κ1) is 14.8. The van der Waals surface area contributed by atoms with Crippen molar-refractivity contribution >= 4 is 11.6 Å². The van der Waals surface area contributed by atoms with Crippen molar-refractivity contribution in [1.82, 2.24) is 0 Å². The maximum absolute atomic E-state index is 11.6. The molecule has 22 heavy (non-hydrogen) atoms. The number of halogens is 1. The summed E-state index contributed by atoms with van der Waals surface area (Å²) >= 11 is 6.27. The standard InChI is InChI=1S/C16H14ClNO4/c1-10-5-4-6-11(9-10)15-16(17,18(20)21)14(19)12-7-2-3-8-13(12)22-15/h2-9,14-15,19H,1H3/t14-,15-,16+/m0/s1. The molecule has 1 N–H and O–H groups in total. The number of rotatable bonds is 2. The second kappa shape index (κ2) is 5.26. The monoisotopic (exact) mass is 319 g/mol. The van der Waals surface area contributed by atoms with Crippen molar-refractivity contribution in [1.29, 1.82) is 0 Å². The molecule has 0 aliphatic carbocycles. The van der Waals surface area contributed by atoms with Crippen LogP contribution < -0.4 is 4.74 Å². The topological polar surface area (TPSA) is 72.6 Å². The second-order valence-electron chi connectivity index (χ2n) is 5.34. The summed E-state index contributed by atoms with van der Waals surface area (Å²) in [6.45, 7) is 1.87. The van der Waals surface area contributed by atoms with E-state index < -0.39 is 22.1 Å². The highest BCUT2D eigenvalue weighted by Crippen LogP contribution is 2.51. The van der Waals surface area contributed by atoms with Gasteiger partial charge in [0.25, 0.3) is 0 Å². The molecule has 1 aliphatic heterocycles. The molecule has 5 nitrogen and oxygen atoms in total. The second-order valence-corrected chi connectivity index (χ2v) is 5.94. The fourth-order valence-corrected chi connectivity index (χ4v) is 3.00.